The average Bonchev–Trinajstić information content (AvgIpc) is 2.35. The molecular formula is C15H31N3O. The fraction of sp³-hybridized carbons (Fsp3) is 0.933. The Kier molecular flexibility index (Phi) is 5.81. The second kappa shape index (κ2) is 6.71. The monoisotopic (exact) mass is 269 g/mol. The molecule has 1 aliphatic rings. The zero-order valence-corrected chi connectivity index (χ0v) is 13.4. The molecule has 0 aromatic rings. The average molecular weight is 269 g/mol. The van der Waals surface area contributed by atoms with E-state index in [1.807, 2.05) is 27.7 Å². The third kappa shape index (κ3) is 4.77. The number of amides is 1. The van der Waals surface area contributed by atoms with E-state index in [1.54, 1.807) is 0 Å². The standard InChI is InChI=1S/C15H31N3O/c1-7-12-10-18(13(8-2)9-16-12)11(3)14(19)17-15(4,5)6/h11-13,16H,7-10H2,1-6H3,(H,17,19). The van der Waals surface area contributed by atoms with Crippen LogP contribution in [0.1, 0.15) is 54.4 Å². The predicted octanol–water partition coefficient (Wildman–Crippen LogP) is 1.75. The summed E-state index contributed by atoms with van der Waals surface area (Å²) in [6.45, 7) is 14.5. The van der Waals surface area contributed by atoms with Crippen molar-refractivity contribution in [3.05, 3.63) is 0 Å². The van der Waals surface area contributed by atoms with E-state index < -0.39 is 0 Å². The van der Waals surface area contributed by atoms with Crippen LogP contribution in [0.5, 0.6) is 0 Å². The Labute approximate surface area is 118 Å². The third-order valence-electron chi connectivity index (χ3n) is 3.88. The number of hydrogen-bond acceptors (Lipinski definition) is 3. The molecule has 3 atom stereocenters. The van der Waals surface area contributed by atoms with Gasteiger partial charge < -0.3 is 10.6 Å². The molecule has 1 heterocycles. The van der Waals surface area contributed by atoms with E-state index >= 15 is 0 Å². The molecule has 1 amide bonds. The minimum absolute atomic E-state index is 0.0553. The quantitative estimate of drug-likeness (QED) is 0.817. The highest BCUT2D eigenvalue weighted by Crippen LogP contribution is 2.16. The Balaban J connectivity index is 2.70. The highest BCUT2D eigenvalue weighted by molar-refractivity contribution is 5.82. The van der Waals surface area contributed by atoms with Crippen LogP contribution in [-0.4, -0.2) is 47.6 Å². The van der Waals surface area contributed by atoms with Crippen LogP contribution in [0.25, 0.3) is 0 Å². The van der Waals surface area contributed by atoms with Crippen molar-refractivity contribution in [1.29, 1.82) is 0 Å². The lowest BCUT2D eigenvalue weighted by Crippen LogP contribution is -2.62. The number of hydrogen-bond donors (Lipinski definition) is 2. The van der Waals surface area contributed by atoms with Crippen LogP contribution in [-0.2, 0) is 4.79 Å². The molecule has 0 aliphatic carbocycles. The molecule has 1 fully saturated rings. The summed E-state index contributed by atoms with van der Waals surface area (Å²) in [5.74, 6) is 0.141. The number of piperazine rings is 1. The van der Waals surface area contributed by atoms with Crippen LogP contribution >= 0.6 is 0 Å². The number of nitrogens with one attached hydrogen (secondary N) is 2. The minimum Gasteiger partial charge on any atom is -0.350 e. The van der Waals surface area contributed by atoms with Gasteiger partial charge in [-0.05, 0) is 40.5 Å². The molecule has 0 saturated carbocycles. The molecule has 0 radical (unpaired) electrons. The molecular weight excluding hydrogens is 238 g/mol. The van der Waals surface area contributed by atoms with E-state index in [9.17, 15) is 4.79 Å². The summed E-state index contributed by atoms with van der Waals surface area (Å²) >= 11 is 0. The number of carbonyl (C=O) groups excluding carboxylic acids is 1. The summed E-state index contributed by atoms with van der Waals surface area (Å²) in [6, 6.07) is 0.913. The smallest absolute Gasteiger partial charge is 0.237 e. The van der Waals surface area contributed by atoms with Gasteiger partial charge in [-0.2, -0.15) is 0 Å². The molecule has 3 unspecified atom stereocenters. The van der Waals surface area contributed by atoms with E-state index in [2.05, 4.69) is 29.4 Å². The topological polar surface area (TPSA) is 44.4 Å². The van der Waals surface area contributed by atoms with Crippen LogP contribution in [0, 0.1) is 0 Å². The largest absolute Gasteiger partial charge is 0.350 e. The third-order valence-corrected chi connectivity index (χ3v) is 3.88. The van der Waals surface area contributed by atoms with Crippen molar-refractivity contribution in [1.82, 2.24) is 15.5 Å². The molecule has 112 valence electrons. The van der Waals surface area contributed by atoms with Crippen molar-refractivity contribution in [2.45, 2.75) is 78.0 Å². The Bertz CT molecular complexity index is 298. The van der Waals surface area contributed by atoms with E-state index in [0.29, 0.717) is 12.1 Å². The molecule has 1 aliphatic heterocycles. The molecule has 4 heteroatoms. The molecule has 1 rings (SSSR count). The molecule has 1 saturated heterocycles. The maximum absolute atomic E-state index is 12.3. The summed E-state index contributed by atoms with van der Waals surface area (Å²) < 4.78 is 0. The van der Waals surface area contributed by atoms with Crippen LogP contribution in [0.3, 0.4) is 0 Å². The molecule has 0 aromatic heterocycles. The van der Waals surface area contributed by atoms with Crippen molar-refractivity contribution in [3.63, 3.8) is 0 Å². The lowest BCUT2D eigenvalue weighted by atomic mass is 10.0. The van der Waals surface area contributed by atoms with E-state index in [1.165, 1.54) is 0 Å². The van der Waals surface area contributed by atoms with Gasteiger partial charge in [-0.1, -0.05) is 13.8 Å². The van der Waals surface area contributed by atoms with Crippen molar-refractivity contribution in [2.24, 2.45) is 0 Å². The van der Waals surface area contributed by atoms with Crippen LogP contribution in [0.2, 0.25) is 0 Å². The number of carbonyl (C=O) groups is 1. The van der Waals surface area contributed by atoms with Gasteiger partial charge >= 0.3 is 0 Å². The first-order chi connectivity index (χ1) is 8.78. The Hall–Kier alpha value is -0.610. The van der Waals surface area contributed by atoms with Gasteiger partial charge in [0.05, 0.1) is 6.04 Å². The highest BCUT2D eigenvalue weighted by Gasteiger charge is 2.33. The lowest BCUT2D eigenvalue weighted by Gasteiger charge is -2.43. The summed E-state index contributed by atoms with van der Waals surface area (Å²) in [7, 11) is 0. The van der Waals surface area contributed by atoms with Gasteiger partial charge in [-0.15, -0.1) is 0 Å². The Morgan fingerprint density at radius 2 is 2.00 bits per heavy atom. The fourth-order valence-electron chi connectivity index (χ4n) is 2.64. The first kappa shape index (κ1) is 16.4. The number of rotatable bonds is 4. The molecule has 0 spiro atoms. The van der Waals surface area contributed by atoms with Gasteiger partial charge in [-0.3, -0.25) is 9.69 Å². The van der Waals surface area contributed by atoms with E-state index in [4.69, 9.17) is 0 Å². The zero-order valence-electron chi connectivity index (χ0n) is 13.4. The fourth-order valence-corrected chi connectivity index (χ4v) is 2.64. The highest BCUT2D eigenvalue weighted by atomic mass is 16.2. The molecule has 4 nitrogen and oxygen atoms in total. The Morgan fingerprint density at radius 1 is 1.37 bits per heavy atom. The van der Waals surface area contributed by atoms with Crippen LogP contribution in [0.4, 0.5) is 0 Å². The van der Waals surface area contributed by atoms with Gasteiger partial charge in [0.15, 0.2) is 0 Å². The van der Waals surface area contributed by atoms with Crippen molar-refractivity contribution in [2.75, 3.05) is 13.1 Å². The van der Waals surface area contributed by atoms with Crippen LogP contribution < -0.4 is 10.6 Å². The van der Waals surface area contributed by atoms with Crippen LogP contribution in [0.15, 0.2) is 0 Å². The lowest BCUT2D eigenvalue weighted by molar-refractivity contribution is -0.129. The second-order valence-electron chi connectivity index (χ2n) is 6.69. The second-order valence-corrected chi connectivity index (χ2v) is 6.69. The first-order valence-corrected chi connectivity index (χ1v) is 7.59. The molecule has 19 heavy (non-hydrogen) atoms. The summed E-state index contributed by atoms with van der Waals surface area (Å²) in [6.07, 6.45) is 2.19. The Morgan fingerprint density at radius 3 is 2.47 bits per heavy atom. The van der Waals surface area contributed by atoms with Crippen molar-refractivity contribution < 1.29 is 4.79 Å². The molecule has 0 aromatic carbocycles. The summed E-state index contributed by atoms with van der Waals surface area (Å²) in [4.78, 5) is 14.7. The predicted molar refractivity (Wildman–Crippen MR) is 80.2 cm³/mol. The zero-order chi connectivity index (χ0) is 14.6. The van der Waals surface area contributed by atoms with E-state index in [0.717, 1.165) is 25.9 Å². The van der Waals surface area contributed by atoms with Gasteiger partial charge in [0.1, 0.15) is 0 Å². The maximum atomic E-state index is 12.3. The van der Waals surface area contributed by atoms with Gasteiger partial charge in [0.2, 0.25) is 5.91 Å². The SMILES string of the molecule is CCC1CN(C(C)C(=O)NC(C)(C)C)C(CC)CN1. The first-order valence-electron chi connectivity index (χ1n) is 7.59. The summed E-state index contributed by atoms with van der Waals surface area (Å²) in [5.41, 5.74) is -0.161. The minimum atomic E-state index is -0.161. The molecule has 2 N–H and O–H groups in total. The van der Waals surface area contributed by atoms with Crippen molar-refractivity contribution in [3.8, 4) is 0 Å². The normalized spacial score (nSPS) is 27.1. The molecule has 0 bridgehead atoms. The van der Waals surface area contributed by atoms with Gasteiger partial charge in [0, 0.05) is 30.7 Å². The maximum Gasteiger partial charge on any atom is 0.237 e. The number of nitrogens with zero attached hydrogens (tertiary/aromatic N) is 1. The van der Waals surface area contributed by atoms with E-state index in [-0.39, 0.29) is 17.5 Å². The van der Waals surface area contributed by atoms with Gasteiger partial charge in [-0.25, -0.2) is 0 Å². The van der Waals surface area contributed by atoms with Crippen molar-refractivity contribution >= 4 is 5.91 Å². The van der Waals surface area contributed by atoms with Gasteiger partial charge in [0.25, 0.3) is 0 Å². The summed E-state index contributed by atoms with van der Waals surface area (Å²) in [5, 5.41) is 6.66.